The first-order valence-electron chi connectivity index (χ1n) is 9.56. The summed E-state index contributed by atoms with van der Waals surface area (Å²) in [6, 6.07) is 7.77. The zero-order valence-corrected chi connectivity index (χ0v) is 15.3. The molecule has 1 N–H and O–H groups in total. The topological polar surface area (TPSA) is 29.1 Å². The van der Waals surface area contributed by atoms with Gasteiger partial charge in [0.15, 0.2) is 5.78 Å². The molecule has 130 valence electrons. The third-order valence-corrected chi connectivity index (χ3v) is 7.22. The molecule has 2 nitrogen and oxygen atoms in total. The lowest BCUT2D eigenvalue weighted by atomic mass is 9.48. The summed E-state index contributed by atoms with van der Waals surface area (Å²) in [6.45, 7) is 3.14. The molecule has 4 fully saturated rings. The second-order valence-electron chi connectivity index (χ2n) is 8.64. The van der Waals surface area contributed by atoms with Gasteiger partial charge in [-0.05, 0) is 92.9 Å². The van der Waals surface area contributed by atoms with Gasteiger partial charge in [0.25, 0.3) is 0 Å². The van der Waals surface area contributed by atoms with Gasteiger partial charge < -0.3 is 5.32 Å². The Morgan fingerprint density at radius 3 is 2.21 bits per heavy atom. The number of hydrogen-bond donors (Lipinski definition) is 1. The zero-order chi connectivity index (χ0) is 16.7. The molecule has 1 unspecified atom stereocenters. The minimum atomic E-state index is 0.205. The van der Waals surface area contributed by atoms with Crippen LogP contribution in [0, 0.1) is 23.2 Å². The van der Waals surface area contributed by atoms with E-state index in [-0.39, 0.29) is 5.78 Å². The summed E-state index contributed by atoms with van der Waals surface area (Å²) in [4.78, 5) is 12.3. The number of carbonyl (C=O) groups excluding carboxylic acids is 1. The Morgan fingerprint density at radius 1 is 1.12 bits per heavy atom. The molecule has 24 heavy (non-hydrogen) atoms. The number of halogens is 1. The third kappa shape index (κ3) is 3.15. The van der Waals surface area contributed by atoms with Crippen molar-refractivity contribution in [1.29, 1.82) is 0 Å². The van der Waals surface area contributed by atoms with Crippen LogP contribution in [0.1, 0.15) is 62.2 Å². The van der Waals surface area contributed by atoms with E-state index in [0.717, 1.165) is 29.9 Å². The molecule has 0 heterocycles. The molecule has 0 radical (unpaired) electrons. The van der Waals surface area contributed by atoms with Crippen molar-refractivity contribution in [2.24, 2.45) is 23.2 Å². The Hall–Kier alpha value is -0.860. The Kier molecular flexibility index (Phi) is 4.47. The molecule has 1 atom stereocenters. The lowest BCUT2D eigenvalue weighted by Crippen LogP contribution is -2.55. The van der Waals surface area contributed by atoms with Gasteiger partial charge in [-0.1, -0.05) is 11.6 Å². The number of ketones is 1. The molecule has 0 aliphatic heterocycles. The normalized spacial score (nSPS) is 35.2. The second kappa shape index (κ2) is 6.46. The molecule has 0 saturated heterocycles. The first-order valence-corrected chi connectivity index (χ1v) is 9.94. The van der Waals surface area contributed by atoms with Crippen LogP contribution in [-0.2, 0) is 0 Å². The summed E-state index contributed by atoms with van der Waals surface area (Å²) in [5, 5.41) is 4.39. The third-order valence-electron chi connectivity index (χ3n) is 6.97. The van der Waals surface area contributed by atoms with Gasteiger partial charge in [0.1, 0.15) is 0 Å². The number of Topliss-reactive ketones (excluding diaryl/α,β-unsaturated/α-hetero) is 1. The highest BCUT2D eigenvalue weighted by molar-refractivity contribution is 6.30. The van der Waals surface area contributed by atoms with E-state index in [0.29, 0.717) is 22.9 Å². The molecular formula is C21H28ClNO. The summed E-state index contributed by atoms with van der Waals surface area (Å²) in [7, 11) is 0. The maximum Gasteiger partial charge on any atom is 0.164 e. The van der Waals surface area contributed by atoms with Crippen LogP contribution in [0.3, 0.4) is 0 Å². The van der Waals surface area contributed by atoms with Gasteiger partial charge in [-0.3, -0.25) is 4.79 Å². The average Bonchev–Trinajstić information content (AvgIpc) is 2.54. The molecule has 0 aromatic heterocycles. The van der Waals surface area contributed by atoms with E-state index in [1.54, 1.807) is 12.1 Å². The fourth-order valence-electron chi connectivity index (χ4n) is 6.11. The van der Waals surface area contributed by atoms with Gasteiger partial charge in [-0.25, -0.2) is 0 Å². The lowest BCUT2D eigenvalue weighted by Gasteiger charge is -2.59. The van der Waals surface area contributed by atoms with Crippen LogP contribution in [-0.4, -0.2) is 18.4 Å². The SMILES string of the molecule is CC(NCCC(=O)c1ccc(Cl)cc1)C12CC3CC(CC(C3)C1)C2. The summed E-state index contributed by atoms with van der Waals surface area (Å²) in [5.74, 6) is 3.15. The van der Waals surface area contributed by atoms with E-state index in [4.69, 9.17) is 11.6 Å². The second-order valence-corrected chi connectivity index (χ2v) is 9.07. The van der Waals surface area contributed by atoms with Crippen LogP contribution in [0.2, 0.25) is 5.02 Å². The maximum atomic E-state index is 12.3. The van der Waals surface area contributed by atoms with Crippen molar-refractivity contribution in [2.75, 3.05) is 6.54 Å². The van der Waals surface area contributed by atoms with Crippen molar-refractivity contribution in [3.05, 3.63) is 34.9 Å². The van der Waals surface area contributed by atoms with E-state index in [1.165, 1.54) is 38.5 Å². The van der Waals surface area contributed by atoms with Gasteiger partial charge in [0.2, 0.25) is 0 Å². The highest BCUT2D eigenvalue weighted by atomic mass is 35.5. The van der Waals surface area contributed by atoms with Crippen LogP contribution in [0.15, 0.2) is 24.3 Å². The molecule has 4 aliphatic rings. The molecule has 1 aromatic carbocycles. The molecule has 0 spiro atoms. The van der Waals surface area contributed by atoms with Crippen LogP contribution in [0.25, 0.3) is 0 Å². The van der Waals surface area contributed by atoms with Gasteiger partial charge in [0, 0.05) is 29.6 Å². The Bertz CT molecular complexity index is 573. The van der Waals surface area contributed by atoms with Crippen LogP contribution >= 0.6 is 11.6 Å². The molecule has 0 amide bonds. The number of hydrogen-bond acceptors (Lipinski definition) is 2. The van der Waals surface area contributed by atoms with Gasteiger partial charge in [0.05, 0.1) is 0 Å². The standard InChI is InChI=1S/C21H28ClNO/c1-14(21-11-15-8-16(12-21)10-17(9-15)13-21)23-7-6-20(24)18-2-4-19(22)5-3-18/h2-5,14-17,23H,6-13H2,1H3. The number of nitrogens with one attached hydrogen (secondary N) is 1. The average molecular weight is 346 g/mol. The summed E-state index contributed by atoms with van der Waals surface area (Å²) >= 11 is 5.89. The molecule has 4 aliphatic carbocycles. The fraction of sp³-hybridized carbons (Fsp3) is 0.667. The van der Waals surface area contributed by atoms with Crippen molar-refractivity contribution >= 4 is 17.4 Å². The molecule has 1 aromatic rings. The predicted octanol–water partition coefficient (Wildman–Crippen LogP) is 5.11. The van der Waals surface area contributed by atoms with Crippen LogP contribution in [0.5, 0.6) is 0 Å². The Morgan fingerprint density at radius 2 is 1.67 bits per heavy atom. The highest BCUT2D eigenvalue weighted by Gasteiger charge is 2.52. The summed E-state index contributed by atoms with van der Waals surface area (Å²) < 4.78 is 0. The minimum absolute atomic E-state index is 0.205. The van der Waals surface area contributed by atoms with Crippen LogP contribution < -0.4 is 5.32 Å². The fourth-order valence-corrected chi connectivity index (χ4v) is 6.23. The summed E-state index contributed by atoms with van der Waals surface area (Å²) in [6.07, 6.45) is 9.27. The number of rotatable bonds is 6. The molecular weight excluding hydrogens is 318 g/mol. The van der Waals surface area contributed by atoms with Crippen molar-refractivity contribution in [1.82, 2.24) is 5.32 Å². The van der Waals surface area contributed by atoms with E-state index >= 15 is 0 Å². The highest BCUT2D eigenvalue weighted by Crippen LogP contribution is 2.61. The Balaban J connectivity index is 1.31. The van der Waals surface area contributed by atoms with E-state index in [2.05, 4.69) is 12.2 Å². The van der Waals surface area contributed by atoms with Crippen LogP contribution in [0.4, 0.5) is 0 Å². The van der Waals surface area contributed by atoms with Gasteiger partial charge in [-0.15, -0.1) is 0 Å². The lowest BCUT2D eigenvalue weighted by molar-refractivity contribution is -0.0702. The van der Waals surface area contributed by atoms with E-state index in [9.17, 15) is 4.79 Å². The van der Waals surface area contributed by atoms with Gasteiger partial charge >= 0.3 is 0 Å². The van der Waals surface area contributed by atoms with E-state index in [1.807, 2.05) is 12.1 Å². The number of carbonyl (C=O) groups is 1. The van der Waals surface area contributed by atoms with Gasteiger partial charge in [-0.2, -0.15) is 0 Å². The molecule has 3 heteroatoms. The first-order chi connectivity index (χ1) is 11.5. The molecule has 4 saturated carbocycles. The number of benzene rings is 1. The smallest absolute Gasteiger partial charge is 0.164 e. The molecule has 5 rings (SSSR count). The predicted molar refractivity (Wildman–Crippen MR) is 98.5 cm³/mol. The Labute approximate surface area is 150 Å². The minimum Gasteiger partial charge on any atom is -0.313 e. The maximum absolute atomic E-state index is 12.3. The summed E-state index contributed by atoms with van der Waals surface area (Å²) in [5.41, 5.74) is 1.28. The monoisotopic (exact) mass is 345 g/mol. The first kappa shape index (κ1) is 16.6. The largest absolute Gasteiger partial charge is 0.313 e. The quantitative estimate of drug-likeness (QED) is 0.726. The van der Waals surface area contributed by atoms with E-state index < -0.39 is 0 Å². The van der Waals surface area contributed by atoms with Crippen molar-refractivity contribution in [3.8, 4) is 0 Å². The van der Waals surface area contributed by atoms with Crippen molar-refractivity contribution < 1.29 is 4.79 Å². The van der Waals surface area contributed by atoms with Crippen molar-refractivity contribution in [2.45, 2.75) is 57.9 Å². The van der Waals surface area contributed by atoms with Crippen molar-refractivity contribution in [3.63, 3.8) is 0 Å². The zero-order valence-electron chi connectivity index (χ0n) is 14.6. The molecule has 4 bridgehead atoms.